The second kappa shape index (κ2) is 4.87. The van der Waals surface area contributed by atoms with Crippen molar-refractivity contribution in [1.82, 2.24) is 0 Å². The highest BCUT2D eigenvalue weighted by molar-refractivity contribution is 14.1. The summed E-state index contributed by atoms with van der Waals surface area (Å²) in [5.74, 6) is 2.45. The summed E-state index contributed by atoms with van der Waals surface area (Å²) in [5.41, 5.74) is 0.833. The van der Waals surface area contributed by atoms with Crippen molar-refractivity contribution in [2.24, 2.45) is 0 Å². The topological polar surface area (TPSA) is 20.3 Å². The van der Waals surface area contributed by atoms with Crippen molar-refractivity contribution in [2.45, 2.75) is 0 Å². The van der Waals surface area contributed by atoms with Gasteiger partial charge in [0.1, 0.15) is 0 Å². The van der Waals surface area contributed by atoms with Crippen molar-refractivity contribution in [3.63, 3.8) is 0 Å². The zero-order valence-corrected chi connectivity index (χ0v) is 9.06. The lowest BCUT2D eigenvalue weighted by atomic mass is 10.3. The van der Waals surface area contributed by atoms with E-state index in [9.17, 15) is 4.79 Å². The van der Waals surface area contributed by atoms with Gasteiger partial charge in [-0.25, -0.2) is 0 Å². The van der Waals surface area contributed by atoms with Gasteiger partial charge in [-0.3, -0.25) is 9.69 Å². The molecule has 0 atom stereocenters. The summed E-state index contributed by atoms with van der Waals surface area (Å²) in [6.45, 7) is 0.311. The summed E-state index contributed by atoms with van der Waals surface area (Å²) in [4.78, 5) is 12.7. The molecule has 0 unspecified atom stereocenters. The van der Waals surface area contributed by atoms with Crippen LogP contribution in [0.15, 0.2) is 30.3 Å². The van der Waals surface area contributed by atoms with E-state index in [0.29, 0.717) is 6.54 Å². The fraction of sp³-hybridized carbons (Fsp3) is 0.100. The summed E-state index contributed by atoms with van der Waals surface area (Å²) in [6.07, 6.45) is 5.16. The highest BCUT2D eigenvalue weighted by atomic mass is 127. The maximum atomic E-state index is 11.2. The minimum atomic E-state index is -0.0678. The normalized spacial score (nSPS) is 8.92. The smallest absolute Gasteiger partial charge is 0.288 e. The van der Waals surface area contributed by atoms with Crippen molar-refractivity contribution in [3.8, 4) is 12.3 Å². The number of carbonyl (C=O) groups is 1. The number of hydrogen-bond donors (Lipinski definition) is 0. The molecule has 0 aliphatic heterocycles. The third-order valence-corrected chi connectivity index (χ3v) is 2.11. The molecule has 2 nitrogen and oxygen atoms in total. The van der Waals surface area contributed by atoms with Gasteiger partial charge in [0.2, 0.25) is 0 Å². The lowest BCUT2D eigenvalue weighted by Crippen LogP contribution is -2.25. The Bertz CT molecular complexity index is 329. The van der Waals surface area contributed by atoms with E-state index in [1.54, 1.807) is 27.5 Å². The molecular weight excluding hydrogens is 277 g/mol. The van der Waals surface area contributed by atoms with Gasteiger partial charge < -0.3 is 0 Å². The maximum absolute atomic E-state index is 11.2. The monoisotopic (exact) mass is 285 g/mol. The SMILES string of the molecule is C#CCN(C(=O)I)c1ccccc1. The first-order valence-corrected chi connectivity index (χ1v) is 4.79. The van der Waals surface area contributed by atoms with Gasteiger partial charge in [0.15, 0.2) is 0 Å². The fourth-order valence-corrected chi connectivity index (χ4v) is 1.40. The molecule has 0 fully saturated rings. The van der Waals surface area contributed by atoms with Gasteiger partial charge in [0, 0.05) is 28.3 Å². The van der Waals surface area contributed by atoms with Crippen LogP contribution >= 0.6 is 22.6 Å². The Labute approximate surface area is 91.1 Å². The average molecular weight is 285 g/mol. The van der Waals surface area contributed by atoms with Crippen LogP contribution in [0.3, 0.4) is 0 Å². The average Bonchev–Trinajstić information content (AvgIpc) is 2.15. The number of rotatable bonds is 2. The van der Waals surface area contributed by atoms with E-state index in [4.69, 9.17) is 6.42 Å². The van der Waals surface area contributed by atoms with Crippen LogP contribution in [0.1, 0.15) is 0 Å². The van der Waals surface area contributed by atoms with Gasteiger partial charge in [-0.1, -0.05) is 24.1 Å². The number of anilines is 1. The summed E-state index contributed by atoms with van der Waals surface area (Å²) in [6, 6.07) is 9.36. The maximum Gasteiger partial charge on any atom is 0.288 e. The first kappa shape index (κ1) is 10.1. The Morgan fingerprint density at radius 2 is 2.08 bits per heavy atom. The van der Waals surface area contributed by atoms with Crippen LogP contribution in [0.4, 0.5) is 10.5 Å². The number of halogens is 1. The van der Waals surface area contributed by atoms with Crippen LogP contribution in [0.5, 0.6) is 0 Å². The quantitative estimate of drug-likeness (QED) is 0.354. The van der Waals surface area contributed by atoms with Gasteiger partial charge in [-0.05, 0) is 12.1 Å². The van der Waals surface area contributed by atoms with Crippen molar-refractivity contribution < 1.29 is 4.79 Å². The Morgan fingerprint density at radius 3 is 2.54 bits per heavy atom. The van der Waals surface area contributed by atoms with E-state index in [1.165, 1.54) is 0 Å². The Morgan fingerprint density at radius 1 is 1.46 bits per heavy atom. The molecule has 1 amide bonds. The predicted octanol–water partition coefficient (Wildman–Crippen LogP) is 2.68. The summed E-state index contributed by atoms with van der Waals surface area (Å²) in [5, 5.41) is 0. The second-order valence-electron chi connectivity index (χ2n) is 2.38. The zero-order chi connectivity index (χ0) is 9.68. The molecule has 0 saturated heterocycles. The molecule has 0 saturated carbocycles. The number of carbonyl (C=O) groups excluding carboxylic acids is 1. The molecule has 0 aromatic heterocycles. The van der Waals surface area contributed by atoms with E-state index < -0.39 is 0 Å². The minimum absolute atomic E-state index is 0.0678. The van der Waals surface area contributed by atoms with Crippen LogP contribution in [0.2, 0.25) is 0 Å². The van der Waals surface area contributed by atoms with Crippen LogP contribution in [-0.2, 0) is 0 Å². The summed E-state index contributed by atoms with van der Waals surface area (Å²) < 4.78 is -0.0678. The molecule has 0 radical (unpaired) electrons. The summed E-state index contributed by atoms with van der Waals surface area (Å²) >= 11 is 1.72. The van der Waals surface area contributed by atoms with Crippen molar-refractivity contribution in [2.75, 3.05) is 11.4 Å². The van der Waals surface area contributed by atoms with Crippen LogP contribution in [0.25, 0.3) is 0 Å². The van der Waals surface area contributed by atoms with Crippen molar-refractivity contribution >= 4 is 32.2 Å². The number of benzene rings is 1. The number of terminal acetylenes is 1. The highest BCUT2D eigenvalue weighted by Gasteiger charge is 2.09. The number of para-hydroxylation sites is 1. The van der Waals surface area contributed by atoms with E-state index in [2.05, 4.69) is 5.92 Å². The standard InChI is InChI=1S/C10H8INO/c1-2-8-12(10(11)13)9-6-4-3-5-7-9/h1,3-7H,8H2. The molecular formula is C10H8INO. The molecule has 0 aliphatic rings. The molecule has 1 aromatic rings. The van der Waals surface area contributed by atoms with Gasteiger partial charge in [0.25, 0.3) is 3.91 Å². The number of nitrogens with zero attached hydrogens (tertiary/aromatic N) is 1. The molecule has 0 spiro atoms. The lowest BCUT2D eigenvalue weighted by Gasteiger charge is -2.16. The van der Waals surface area contributed by atoms with Crippen LogP contribution < -0.4 is 4.90 Å². The van der Waals surface area contributed by atoms with E-state index in [1.807, 2.05) is 30.3 Å². The van der Waals surface area contributed by atoms with E-state index in [-0.39, 0.29) is 3.91 Å². The third-order valence-electron chi connectivity index (χ3n) is 1.53. The van der Waals surface area contributed by atoms with Crippen molar-refractivity contribution in [3.05, 3.63) is 30.3 Å². The minimum Gasteiger partial charge on any atom is -0.292 e. The molecule has 0 heterocycles. The molecule has 0 N–H and O–H groups in total. The number of hydrogen-bond acceptors (Lipinski definition) is 1. The number of amides is 1. The molecule has 0 aliphatic carbocycles. The first-order chi connectivity index (χ1) is 6.25. The lowest BCUT2D eigenvalue weighted by molar-refractivity contribution is 0.267. The fourth-order valence-electron chi connectivity index (χ4n) is 0.954. The Hall–Kier alpha value is -1.02. The van der Waals surface area contributed by atoms with Crippen LogP contribution in [-0.4, -0.2) is 10.5 Å². The molecule has 3 heteroatoms. The van der Waals surface area contributed by atoms with Crippen molar-refractivity contribution in [1.29, 1.82) is 0 Å². The van der Waals surface area contributed by atoms with E-state index in [0.717, 1.165) is 5.69 Å². The predicted molar refractivity (Wildman–Crippen MR) is 62.0 cm³/mol. The first-order valence-electron chi connectivity index (χ1n) is 3.71. The van der Waals surface area contributed by atoms with Gasteiger partial charge >= 0.3 is 0 Å². The Balaban J connectivity index is 2.90. The molecule has 0 bridgehead atoms. The van der Waals surface area contributed by atoms with Crippen LogP contribution in [0, 0.1) is 12.3 Å². The molecule has 66 valence electrons. The molecule has 1 rings (SSSR count). The van der Waals surface area contributed by atoms with Gasteiger partial charge in [0.05, 0.1) is 6.54 Å². The van der Waals surface area contributed by atoms with Gasteiger partial charge in [-0.15, -0.1) is 6.42 Å². The molecule has 1 aromatic carbocycles. The Kier molecular flexibility index (Phi) is 3.77. The molecule has 13 heavy (non-hydrogen) atoms. The largest absolute Gasteiger partial charge is 0.292 e. The summed E-state index contributed by atoms with van der Waals surface area (Å²) in [7, 11) is 0. The van der Waals surface area contributed by atoms with Gasteiger partial charge in [-0.2, -0.15) is 0 Å². The highest BCUT2D eigenvalue weighted by Crippen LogP contribution is 2.15. The third kappa shape index (κ3) is 2.74. The second-order valence-corrected chi connectivity index (χ2v) is 3.30. The van der Waals surface area contributed by atoms with E-state index >= 15 is 0 Å². The zero-order valence-electron chi connectivity index (χ0n) is 6.90.